The van der Waals surface area contributed by atoms with Crippen molar-refractivity contribution in [1.29, 1.82) is 0 Å². The number of benzene rings is 3. The second-order valence-corrected chi connectivity index (χ2v) is 8.78. The fourth-order valence-electron chi connectivity index (χ4n) is 3.71. The van der Waals surface area contributed by atoms with Crippen molar-refractivity contribution >= 4 is 32.4 Å². The molecular formula is C21H18N2O5S. The molecule has 1 N–H and O–H groups in total. The van der Waals surface area contributed by atoms with Gasteiger partial charge in [-0.2, -0.15) is 0 Å². The first kappa shape index (κ1) is 17.8. The van der Waals surface area contributed by atoms with Crippen LogP contribution in [0.4, 0.5) is 5.69 Å². The van der Waals surface area contributed by atoms with Gasteiger partial charge in [0.25, 0.3) is 10.0 Å². The van der Waals surface area contributed by atoms with E-state index in [-0.39, 0.29) is 24.1 Å². The number of hydrogen-bond donors (Lipinski definition) is 1. The molecule has 3 aromatic rings. The van der Waals surface area contributed by atoms with Crippen molar-refractivity contribution in [2.24, 2.45) is 0 Å². The third-order valence-corrected chi connectivity index (χ3v) is 6.86. The fraction of sp³-hybridized carbons (Fsp3) is 0.190. The highest BCUT2D eigenvalue weighted by Crippen LogP contribution is 2.41. The molecule has 7 nitrogen and oxygen atoms in total. The number of nitrogens with one attached hydrogen (secondary N) is 1. The molecule has 0 bridgehead atoms. The number of ether oxygens (including phenoxy) is 2. The monoisotopic (exact) mass is 410 g/mol. The summed E-state index contributed by atoms with van der Waals surface area (Å²) in [6.07, 6.45) is -0.343. The van der Waals surface area contributed by atoms with Crippen LogP contribution in [0.2, 0.25) is 0 Å². The highest BCUT2D eigenvalue weighted by molar-refractivity contribution is 7.93. The Balaban J connectivity index is 1.29. The van der Waals surface area contributed by atoms with Gasteiger partial charge in [0.2, 0.25) is 5.91 Å². The number of nitrogens with zero attached hydrogens (tertiary/aromatic N) is 1. The minimum Gasteiger partial charge on any atom is -0.486 e. The number of carbonyl (C=O) groups excluding carboxylic acids is 1. The molecule has 1 atom stereocenters. The van der Waals surface area contributed by atoms with Crippen LogP contribution in [0.15, 0.2) is 65.6 Å². The summed E-state index contributed by atoms with van der Waals surface area (Å²) in [6, 6.07) is 17.8. The SMILES string of the molecule is O=C(CN1c2cccc3cccc(c23)S1(=O)=O)NCC1COc2ccccc2O1. The average Bonchev–Trinajstić information content (AvgIpc) is 2.95. The Bertz CT molecular complexity index is 1220. The zero-order valence-corrected chi connectivity index (χ0v) is 16.2. The van der Waals surface area contributed by atoms with E-state index in [4.69, 9.17) is 9.47 Å². The van der Waals surface area contributed by atoms with E-state index in [1.165, 1.54) is 0 Å². The van der Waals surface area contributed by atoms with Crippen LogP contribution >= 0.6 is 0 Å². The number of carbonyl (C=O) groups is 1. The van der Waals surface area contributed by atoms with E-state index in [0.717, 1.165) is 9.69 Å². The van der Waals surface area contributed by atoms with E-state index in [1.54, 1.807) is 30.3 Å². The molecule has 2 aliphatic rings. The Hall–Kier alpha value is -3.26. The van der Waals surface area contributed by atoms with E-state index in [1.807, 2.05) is 30.3 Å². The molecule has 148 valence electrons. The first-order valence-electron chi connectivity index (χ1n) is 9.24. The van der Waals surface area contributed by atoms with Gasteiger partial charge >= 0.3 is 0 Å². The van der Waals surface area contributed by atoms with Gasteiger partial charge in [-0.25, -0.2) is 8.42 Å². The van der Waals surface area contributed by atoms with Gasteiger partial charge < -0.3 is 14.8 Å². The Morgan fingerprint density at radius 2 is 1.79 bits per heavy atom. The van der Waals surface area contributed by atoms with Gasteiger partial charge in [0.05, 0.1) is 17.1 Å². The van der Waals surface area contributed by atoms with Crippen molar-refractivity contribution in [2.45, 2.75) is 11.0 Å². The Kier molecular flexibility index (Phi) is 4.09. The van der Waals surface area contributed by atoms with Crippen LogP contribution < -0.4 is 19.1 Å². The lowest BCUT2D eigenvalue weighted by Gasteiger charge is -2.27. The molecule has 2 aliphatic heterocycles. The van der Waals surface area contributed by atoms with Crippen LogP contribution in [0.25, 0.3) is 10.8 Å². The van der Waals surface area contributed by atoms with Gasteiger partial charge in [0.15, 0.2) is 11.5 Å². The molecule has 29 heavy (non-hydrogen) atoms. The predicted octanol–water partition coefficient (Wildman–Crippen LogP) is 2.30. The molecule has 0 saturated carbocycles. The second-order valence-electron chi connectivity index (χ2n) is 6.94. The van der Waals surface area contributed by atoms with Gasteiger partial charge in [0, 0.05) is 5.39 Å². The highest BCUT2D eigenvalue weighted by atomic mass is 32.2. The summed E-state index contributed by atoms with van der Waals surface area (Å²) in [6.45, 7) is 0.239. The van der Waals surface area contributed by atoms with Crippen molar-refractivity contribution in [3.05, 3.63) is 60.7 Å². The molecule has 0 spiro atoms. The Morgan fingerprint density at radius 1 is 1.03 bits per heavy atom. The van der Waals surface area contributed by atoms with Crippen molar-refractivity contribution in [2.75, 3.05) is 24.0 Å². The number of fused-ring (bicyclic) bond motifs is 1. The summed E-state index contributed by atoms with van der Waals surface area (Å²) in [7, 11) is -3.76. The Labute approximate surface area is 167 Å². The second kappa shape index (κ2) is 6.66. The lowest BCUT2D eigenvalue weighted by molar-refractivity contribution is -0.120. The first-order valence-corrected chi connectivity index (χ1v) is 10.7. The third-order valence-electron chi connectivity index (χ3n) is 5.06. The number of anilines is 1. The minimum absolute atomic E-state index is 0.220. The smallest absolute Gasteiger partial charge is 0.265 e. The molecule has 8 heteroatoms. The summed E-state index contributed by atoms with van der Waals surface area (Å²) >= 11 is 0. The van der Waals surface area contributed by atoms with Gasteiger partial charge in [-0.1, -0.05) is 36.4 Å². The molecule has 5 rings (SSSR count). The number of para-hydroxylation sites is 2. The van der Waals surface area contributed by atoms with Crippen LogP contribution in [0, 0.1) is 0 Å². The van der Waals surface area contributed by atoms with E-state index in [0.29, 0.717) is 29.2 Å². The largest absolute Gasteiger partial charge is 0.486 e. The standard InChI is InChI=1S/C21H18N2O5S/c24-20(22-11-15-13-27-17-8-1-2-9-18(17)28-15)12-23-16-7-3-5-14-6-4-10-19(21(14)16)29(23,25)26/h1-10,15H,11-13H2,(H,22,24). The van der Waals surface area contributed by atoms with Crippen molar-refractivity contribution in [1.82, 2.24) is 5.32 Å². The Morgan fingerprint density at radius 3 is 2.62 bits per heavy atom. The third kappa shape index (κ3) is 2.96. The maximum absolute atomic E-state index is 12.9. The molecule has 1 unspecified atom stereocenters. The highest BCUT2D eigenvalue weighted by Gasteiger charge is 2.36. The molecule has 0 aromatic heterocycles. The van der Waals surface area contributed by atoms with Crippen LogP contribution in [0.3, 0.4) is 0 Å². The average molecular weight is 410 g/mol. The minimum atomic E-state index is -3.76. The first-order chi connectivity index (χ1) is 14.0. The van der Waals surface area contributed by atoms with Crippen LogP contribution in [-0.4, -0.2) is 40.1 Å². The predicted molar refractivity (Wildman–Crippen MR) is 108 cm³/mol. The van der Waals surface area contributed by atoms with E-state index >= 15 is 0 Å². The van der Waals surface area contributed by atoms with Gasteiger partial charge in [-0.05, 0) is 29.7 Å². The molecular weight excluding hydrogens is 392 g/mol. The van der Waals surface area contributed by atoms with Crippen LogP contribution in [0.5, 0.6) is 11.5 Å². The van der Waals surface area contributed by atoms with Crippen molar-refractivity contribution in [3.63, 3.8) is 0 Å². The molecule has 0 aliphatic carbocycles. The van der Waals surface area contributed by atoms with Crippen LogP contribution in [-0.2, 0) is 14.8 Å². The van der Waals surface area contributed by atoms with Gasteiger partial charge in [-0.15, -0.1) is 0 Å². The maximum atomic E-state index is 12.9. The zero-order chi connectivity index (χ0) is 20.0. The number of rotatable bonds is 4. The van der Waals surface area contributed by atoms with E-state index in [2.05, 4.69) is 5.32 Å². The molecule has 0 fully saturated rings. The van der Waals surface area contributed by atoms with Gasteiger partial charge in [0.1, 0.15) is 19.3 Å². The van der Waals surface area contributed by atoms with Gasteiger partial charge in [-0.3, -0.25) is 9.10 Å². The summed E-state index contributed by atoms with van der Waals surface area (Å²) in [5, 5.41) is 4.24. The maximum Gasteiger partial charge on any atom is 0.265 e. The summed E-state index contributed by atoms with van der Waals surface area (Å²) < 4.78 is 38.5. The summed E-state index contributed by atoms with van der Waals surface area (Å²) in [5.74, 6) is 0.896. The molecule has 0 radical (unpaired) electrons. The molecule has 1 amide bonds. The molecule has 3 aromatic carbocycles. The van der Waals surface area contributed by atoms with E-state index in [9.17, 15) is 13.2 Å². The topological polar surface area (TPSA) is 84.9 Å². The number of amides is 1. The fourth-order valence-corrected chi connectivity index (χ4v) is 5.37. The molecule has 0 saturated heterocycles. The van der Waals surface area contributed by atoms with E-state index < -0.39 is 15.9 Å². The number of sulfonamides is 1. The quantitative estimate of drug-likeness (QED) is 0.714. The lowest BCUT2D eigenvalue weighted by atomic mass is 10.1. The molecule has 2 heterocycles. The normalized spacial score (nSPS) is 18.6. The van der Waals surface area contributed by atoms with Crippen LogP contribution in [0.1, 0.15) is 0 Å². The summed E-state index contributed by atoms with van der Waals surface area (Å²) in [5.41, 5.74) is 0.527. The summed E-state index contributed by atoms with van der Waals surface area (Å²) in [4.78, 5) is 12.8. The lowest BCUT2D eigenvalue weighted by Crippen LogP contribution is -2.45. The number of hydrogen-bond acceptors (Lipinski definition) is 5. The van der Waals surface area contributed by atoms with Crippen molar-refractivity contribution in [3.8, 4) is 11.5 Å². The van der Waals surface area contributed by atoms with Crippen molar-refractivity contribution < 1.29 is 22.7 Å². The zero-order valence-electron chi connectivity index (χ0n) is 15.4.